The zero-order chi connectivity index (χ0) is 19.3. The Labute approximate surface area is 157 Å². The molecule has 0 radical (unpaired) electrons. The van der Waals surface area contributed by atoms with Gasteiger partial charge in [0.2, 0.25) is 0 Å². The summed E-state index contributed by atoms with van der Waals surface area (Å²) < 4.78 is 15.6. The number of anilines is 1. The Kier molecular flexibility index (Phi) is 6.46. The van der Waals surface area contributed by atoms with E-state index >= 15 is 0 Å². The second kappa shape index (κ2) is 8.58. The summed E-state index contributed by atoms with van der Waals surface area (Å²) in [5.74, 6) is -0.419. The maximum atomic E-state index is 12.5. The van der Waals surface area contributed by atoms with Crippen molar-refractivity contribution >= 4 is 29.2 Å². The van der Waals surface area contributed by atoms with Crippen LogP contribution in [0.25, 0.3) is 0 Å². The van der Waals surface area contributed by atoms with E-state index < -0.39 is 12.1 Å². The predicted octanol–water partition coefficient (Wildman–Crippen LogP) is 3.57. The van der Waals surface area contributed by atoms with Crippen molar-refractivity contribution in [3.8, 4) is 11.5 Å². The first-order valence-corrected chi connectivity index (χ1v) is 8.22. The van der Waals surface area contributed by atoms with Crippen molar-refractivity contribution in [2.24, 2.45) is 0 Å². The third kappa shape index (κ3) is 4.26. The van der Waals surface area contributed by atoms with E-state index in [1.807, 2.05) is 18.2 Å². The van der Waals surface area contributed by atoms with Gasteiger partial charge < -0.3 is 19.1 Å². The number of nitrogens with zero attached hydrogens (tertiary/aromatic N) is 1. The highest BCUT2D eigenvalue weighted by molar-refractivity contribution is 6.32. The molecule has 7 heteroatoms. The standard InChI is InChI=1S/C19H20ClNO5/c1-12(18(22)21(2)14-8-6-5-7-9-14)26-19(23)13-10-15(20)17(25-4)16(11-13)24-3/h5-12H,1-4H3. The zero-order valence-electron chi connectivity index (χ0n) is 15.0. The fourth-order valence-electron chi connectivity index (χ4n) is 2.37. The van der Waals surface area contributed by atoms with Crippen LogP contribution < -0.4 is 14.4 Å². The summed E-state index contributed by atoms with van der Waals surface area (Å²) in [6.45, 7) is 1.52. The van der Waals surface area contributed by atoms with E-state index in [0.29, 0.717) is 17.2 Å². The second-order valence-electron chi connectivity index (χ2n) is 5.47. The van der Waals surface area contributed by atoms with Crippen LogP contribution in [0.5, 0.6) is 11.5 Å². The van der Waals surface area contributed by atoms with Crippen LogP contribution in [0.4, 0.5) is 5.69 Å². The van der Waals surface area contributed by atoms with Crippen LogP contribution in [0.3, 0.4) is 0 Å². The Morgan fingerprint density at radius 3 is 2.31 bits per heavy atom. The lowest BCUT2D eigenvalue weighted by molar-refractivity contribution is -0.126. The van der Waals surface area contributed by atoms with E-state index in [-0.39, 0.29) is 16.5 Å². The number of rotatable bonds is 6. The van der Waals surface area contributed by atoms with Crippen molar-refractivity contribution in [3.05, 3.63) is 53.1 Å². The summed E-state index contributed by atoms with van der Waals surface area (Å²) in [6, 6.07) is 11.9. The van der Waals surface area contributed by atoms with E-state index in [1.54, 1.807) is 19.2 Å². The lowest BCUT2D eigenvalue weighted by Gasteiger charge is -2.21. The minimum Gasteiger partial charge on any atom is -0.493 e. The quantitative estimate of drug-likeness (QED) is 0.720. The molecule has 6 nitrogen and oxygen atoms in total. The first-order valence-electron chi connectivity index (χ1n) is 7.84. The molecule has 0 aromatic heterocycles. The molecule has 0 fully saturated rings. The highest BCUT2D eigenvalue weighted by Crippen LogP contribution is 2.36. The number of halogens is 1. The summed E-state index contributed by atoms with van der Waals surface area (Å²) in [7, 11) is 4.50. The molecule has 2 aromatic rings. The molecule has 2 rings (SSSR count). The Morgan fingerprint density at radius 2 is 1.73 bits per heavy atom. The molecule has 138 valence electrons. The van der Waals surface area contributed by atoms with E-state index in [1.165, 1.54) is 38.2 Å². The van der Waals surface area contributed by atoms with Crippen molar-refractivity contribution in [2.75, 3.05) is 26.2 Å². The first-order chi connectivity index (χ1) is 12.4. The number of likely N-dealkylation sites (N-methyl/N-ethyl adjacent to an activating group) is 1. The Hall–Kier alpha value is -2.73. The van der Waals surface area contributed by atoms with Gasteiger partial charge in [-0.3, -0.25) is 4.79 Å². The topological polar surface area (TPSA) is 65.1 Å². The van der Waals surface area contributed by atoms with Gasteiger partial charge in [-0.1, -0.05) is 29.8 Å². The minimum atomic E-state index is -0.973. The van der Waals surface area contributed by atoms with Crippen molar-refractivity contribution in [3.63, 3.8) is 0 Å². The fourth-order valence-corrected chi connectivity index (χ4v) is 2.65. The summed E-state index contributed by atoms with van der Waals surface area (Å²) in [5, 5.41) is 0.208. The number of carbonyl (C=O) groups excluding carboxylic acids is 2. The van der Waals surface area contributed by atoms with Crippen molar-refractivity contribution in [1.29, 1.82) is 0 Å². The average molecular weight is 378 g/mol. The Balaban J connectivity index is 2.14. The van der Waals surface area contributed by atoms with Crippen LogP contribution in [-0.2, 0) is 9.53 Å². The average Bonchev–Trinajstić information content (AvgIpc) is 2.66. The van der Waals surface area contributed by atoms with Crippen LogP contribution in [0.15, 0.2) is 42.5 Å². The summed E-state index contributed by atoms with van der Waals surface area (Å²) in [4.78, 5) is 26.3. The van der Waals surface area contributed by atoms with E-state index in [4.69, 9.17) is 25.8 Å². The largest absolute Gasteiger partial charge is 0.493 e. The Bertz CT molecular complexity index is 794. The van der Waals surface area contributed by atoms with Crippen molar-refractivity contribution < 1.29 is 23.8 Å². The van der Waals surface area contributed by atoms with Crippen LogP contribution in [0.2, 0.25) is 5.02 Å². The van der Waals surface area contributed by atoms with Crippen LogP contribution in [0, 0.1) is 0 Å². The molecule has 0 bridgehead atoms. The van der Waals surface area contributed by atoms with Crippen LogP contribution in [0.1, 0.15) is 17.3 Å². The van der Waals surface area contributed by atoms with E-state index in [0.717, 1.165) is 0 Å². The highest BCUT2D eigenvalue weighted by Gasteiger charge is 2.24. The molecule has 0 spiro atoms. The first kappa shape index (κ1) is 19.6. The number of methoxy groups -OCH3 is 2. The zero-order valence-corrected chi connectivity index (χ0v) is 15.7. The SMILES string of the molecule is COc1cc(C(=O)OC(C)C(=O)N(C)c2ccccc2)cc(Cl)c1OC. The molecule has 0 saturated heterocycles. The second-order valence-corrected chi connectivity index (χ2v) is 5.88. The molecule has 0 aliphatic rings. The van der Waals surface area contributed by atoms with E-state index in [2.05, 4.69) is 0 Å². The van der Waals surface area contributed by atoms with Crippen molar-refractivity contribution in [1.82, 2.24) is 0 Å². The lowest BCUT2D eigenvalue weighted by atomic mass is 10.2. The molecule has 1 amide bonds. The number of ether oxygens (including phenoxy) is 3. The summed E-state index contributed by atoms with van der Waals surface area (Å²) >= 11 is 6.10. The predicted molar refractivity (Wildman–Crippen MR) is 99.3 cm³/mol. The van der Waals surface area contributed by atoms with Gasteiger partial charge >= 0.3 is 5.97 Å². The number of esters is 1. The van der Waals surface area contributed by atoms with Gasteiger partial charge in [0.1, 0.15) is 0 Å². The number of carbonyl (C=O) groups is 2. The lowest BCUT2D eigenvalue weighted by Crippen LogP contribution is -2.37. The molecular weight excluding hydrogens is 358 g/mol. The molecule has 0 heterocycles. The third-order valence-electron chi connectivity index (χ3n) is 3.77. The minimum absolute atomic E-state index is 0.162. The number of hydrogen-bond acceptors (Lipinski definition) is 5. The molecule has 0 N–H and O–H groups in total. The van der Waals surface area contributed by atoms with Gasteiger partial charge in [0.25, 0.3) is 5.91 Å². The van der Waals surface area contributed by atoms with Crippen molar-refractivity contribution in [2.45, 2.75) is 13.0 Å². The van der Waals surface area contributed by atoms with Gasteiger partial charge in [-0.2, -0.15) is 0 Å². The molecule has 0 saturated carbocycles. The summed E-state index contributed by atoms with van der Waals surface area (Å²) in [5.41, 5.74) is 0.865. The van der Waals surface area contributed by atoms with Gasteiger partial charge in [-0.15, -0.1) is 0 Å². The summed E-state index contributed by atoms with van der Waals surface area (Å²) in [6.07, 6.45) is -0.973. The van der Waals surface area contributed by atoms with Crippen LogP contribution >= 0.6 is 11.6 Å². The normalized spacial score (nSPS) is 11.4. The maximum Gasteiger partial charge on any atom is 0.339 e. The Morgan fingerprint density at radius 1 is 1.08 bits per heavy atom. The number of hydrogen-bond donors (Lipinski definition) is 0. The smallest absolute Gasteiger partial charge is 0.339 e. The molecule has 1 unspecified atom stereocenters. The maximum absolute atomic E-state index is 12.5. The molecule has 0 aliphatic carbocycles. The third-order valence-corrected chi connectivity index (χ3v) is 4.06. The molecule has 0 aliphatic heterocycles. The number of para-hydroxylation sites is 1. The van der Waals surface area contributed by atoms with Gasteiger partial charge in [0.15, 0.2) is 17.6 Å². The van der Waals surface area contributed by atoms with Gasteiger partial charge in [0.05, 0.1) is 24.8 Å². The number of amides is 1. The van der Waals surface area contributed by atoms with E-state index in [9.17, 15) is 9.59 Å². The van der Waals surface area contributed by atoms with Gasteiger partial charge in [-0.05, 0) is 31.2 Å². The monoisotopic (exact) mass is 377 g/mol. The molecule has 1 atom stereocenters. The molecule has 2 aromatic carbocycles. The van der Waals surface area contributed by atoms with Gasteiger partial charge in [0, 0.05) is 12.7 Å². The van der Waals surface area contributed by atoms with Gasteiger partial charge in [-0.25, -0.2) is 4.79 Å². The number of benzene rings is 2. The fraction of sp³-hybridized carbons (Fsp3) is 0.263. The molecule has 26 heavy (non-hydrogen) atoms. The molecular formula is C19H20ClNO5. The highest BCUT2D eigenvalue weighted by atomic mass is 35.5. The van der Waals surface area contributed by atoms with Crippen LogP contribution in [-0.4, -0.2) is 39.2 Å².